The second-order valence-corrected chi connectivity index (χ2v) is 13.9. The molecule has 0 radical (unpaired) electrons. The summed E-state index contributed by atoms with van der Waals surface area (Å²) in [5, 5.41) is 6.48. The lowest BCUT2D eigenvalue weighted by Gasteiger charge is -2.32. The van der Waals surface area contributed by atoms with E-state index in [4.69, 9.17) is 16.6 Å². The van der Waals surface area contributed by atoms with Crippen LogP contribution in [0.1, 0.15) is 55.0 Å². The fraction of sp³-hybridized carbons (Fsp3) is 0.385. The number of alkyl halides is 3. The zero-order valence-electron chi connectivity index (χ0n) is 22.6. The van der Waals surface area contributed by atoms with Crippen molar-refractivity contribution in [1.82, 2.24) is 29.1 Å². The number of aliphatic imine (C=N–C) groups is 1. The normalized spacial score (nSPS) is 19.6. The molecule has 3 atom stereocenters. The second-order valence-electron chi connectivity index (χ2n) is 10.0. The van der Waals surface area contributed by atoms with E-state index in [2.05, 4.69) is 42.1 Å². The molecular weight excluding hydrogens is 742 g/mol. The van der Waals surface area contributed by atoms with Gasteiger partial charge in [0.05, 0.1) is 5.69 Å². The maximum absolute atomic E-state index is 14.0. The highest BCUT2D eigenvalue weighted by molar-refractivity contribution is 14.1. The molecule has 2 N–H and O–H groups in total. The third-order valence-electron chi connectivity index (χ3n) is 6.81. The van der Waals surface area contributed by atoms with Crippen molar-refractivity contribution >= 4 is 72.9 Å². The van der Waals surface area contributed by atoms with Gasteiger partial charge in [0.1, 0.15) is 17.6 Å². The summed E-state index contributed by atoms with van der Waals surface area (Å²) >= 11 is 9.89. The number of ketones is 1. The van der Waals surface area contributed by atoms with E-state index in [1.54, 1.807) is 23.4 Å². The molecule has 0 spiro atoms. The number of hydrogen-bond donors (Lipinski definition) is 2. The topological polar surface area (TPSA) is 122 Å². The summed E-state index contributed by atoms with van der Waals surface area (Å²) in [6.45, 7) is -1.12. The summed E-state index contributed by atoms with van der Waals surface area (Å²) < 4.78 is 73.6. The molecule has 3 aromatic rings. The first-order valence-corrected chi connectivity index (χ1v) is 17.4. The van der Waals surface area contributed by atoms with Crippen molar-refractivity contribution in [2.24, 2.45) is 4.99 Å². The standard InChI is InChI=1S/C26H26ClF3IN7O3S2/c1-14(10-17(39)4-6-31)35-43(40,41)36-16-12-21-22(20-5-8-38(34-20)26(29)30)23(18-3-2-15(28)11-19(18)27)33-24(37(21)13-16)25-32-7-9-42-25/h2-3,5,7-9,11,14,16,23,26,35-36H,4,6,10,12-13H2,1H3/t14?,16-,23-/m0/s1. The number of halogens is 5. The zero-order valence-corrected chi connectivity index (χ0v) is 27.1. The van der Waals surface area contributed by atoms with Crippen LogP contribution in [0.5, 0.6) is 0 Å². The van der Waals surface area contributed by atoms with Crippen molar-refractivity contribution in [3.8, 4) is 0 Å². The first-order chi connectivity index (χ1) is 20.5. The van der Waals surface area contributed by atoms with Gasteiger partial charge in [0.2, 0.25) is 0 Å². The highest BCUT2D eigenvalue weighted by atomic mass is 127. The average molecular weight is 768 g/mol. The fourth-order valence-electron chi connectivity index (χ4n) is 5.14. The monoisotopic (exact) mass is 767 g/mol. The molecule has 4 heterocycles. The lowest BCUT2D eigenvalue weighted by molar-refractivity contribution is -0.118. The first kappa shape index (κ1) is 32.0. The van der Waals surface area contributed by atoms with Gasteiger partial charge in [0.25, 0.3) is 10.2 Å². The van der Waals surface area contributed by atoms with Crippen molar-refractivity contribution < 1.29 is 26.4 Å². The molecule has 0 amide bonds. The number of nitrogens with zero attached hydrogens (tertiary/aromatic N) is 5. The van der Waals surface area contributed by atoms with Gasteiger partial charge in [-0.15, -0.1) is 11.3 Å². The van der Waals surface area contributed by atoms with Crippen LogP contribution in [-0.4, -0.2) is 62.8 Å². The smallest absolute Gasteiger partial charge is 0.326 e. The number of nitrogens with one attached hydrogen (secondary N) is 2. The Hall–Kier alpha value is -2.38. The number of fused-ring (bicyclic) bond motifs is 1. The van der Waals surface area contributed by atoms with Crippen LogP contribution in [0.25, 0.3) is 5.57 Å². The van der Waals surface area contributed by atoms with E-state index in [-0.39, 0.29) is 35.9 Å². The minimum absolute atomic E-state index is 0.0459. The van der Waals surface area contributed by atoms with Gasteiger partial charge in [-0.2, -0.15) is 31.7 Å². The van der Waals surface area contributed by atoms with E-state index in [9.17, 15) is 26.4 Å². The van der Waals surface area contributed by atoms with Crippen molar-refractivity contribution in [2.75, 3.05) is 11.0 Å². The zero-order chi connectivity index (χ0) is 30.9. The van der Waals surface area contributed by atoms with E-state index in [0.29, 0.717) is 43.2 Å². The van der Waals surface area contributed by atoms with Gasteiger partial charge in [0.15, 0.2) is 10.8 Å². The highest BCUT2D eigenvalue weighted by Crippen LogP contribution is 2.46. The molecule has 0 aliphatic carbocycles. The van der Waals surface area contributed by atoms with Crippen LogP contribution in [0.4, 0.5) is 13.2 Å². The van der Waals surface area contributed by atoms with E-state index in [1.165, 1.54) is 29.5 Å². The SMILES string of the molecule is CC(CC(=O)CCI)NS(=O)(=O)N[C@H]1CC2=C(c3ccn(C(F)F)n3)[C@H](c3ccc(F)cc3Cl)N=C(c3nccs3)N2C1. The third-order valence-corrected chi connectivity index (χ3v) is 9.80. The van der Waals surface area contributed by atoms with Crippen LogP contribution < -0.4 is 9.44 Å². The van der Waals surface area contributed by atoms with Crippen molar-refractivity contribution in [3.63, 3.8) is 0 Å². The van der Waals surface area contributed by atoms with Crippen LogP contribution in [0, 0.1) is 5.82 Å². The number of Topliss-reactive ketones (excluding diaryl/α,β-unsaturated/α-hetero) is 1. The number of thiazole rings is 1. The van der Waals surface area contributed by atoms with Crippen molar-refractivity contribution in [1.29, 1.82) is 0 Å². The lowest BCUT2D eigenvalue weighted by atomic mass is 9.92. The van der Waals surface area contributed by atoms with E-state index in [1.807, 2.05) is 0 Å². The van der Waals surface area contributed by atoms with Crippen LogP contribution in [-0.2, 0) is 15.0 Å². The Morgan fingerprint density at radius 3 is 2.74 bits per heavy atom. The van der Waals surface area contributed by atoms with Gasteiger partial charge < -0.3 is 4.90 Å². The van der Waals surface area contributed by atoms with E-state index < -0.39 is 40.7 Å². The van der Waals surface area contributed by atoms with Crippen LogP contribution in [0.3, 0.4) is 0 Å². The first-order valence-electron chi connectivity index (χ1n) is 13.1. The molecule has 2 aromatic heterocycles. The van der Waals surface area contributed by atoms with Gasteiger partial charge in [-0.3, -0.25) is 9.79 Å². The largest absolute Gasteiger partial charge is 0.333 e. The molecule has 1 saturated heterocycles. The van der Waals surface area contributed by atoms with Gasteiger partial charge >= 0.3 is 6.55 Å². The molecule has 1 unspecified atom stereocenters. The lowest BCUT2D eigenvalue weighted by Crippen LogP contribution is -2.47. The molecule has 1 fully saturated rings. The number of carbonyl (C=O) groups excluding carboxylic acids is 1. The Kier molecular flexibility index (Phi) is 9.92. The fourth-order valence-corrected chi connectivity index (χ4v) is 7.93. The summed E-state index contributed by atoms with van der Waals surface area (Å²) in [6.07, 6.45) is 3.31. The predicted molar refractivity (Wildman–Crippen MR) is 166 cm³/mol. The maximum atomic E-state index is 14.0. The Bertz CT molecular complexity index is 1670. The summed E-state index contributed by atoms with van der Waals surface area (Å²) in [4.78, 5) is 23.2. The Morgan fingerprint density at radius 2 is 2.09 bits per heavy atom. The Morgan fingerprint density at radius 1 is 1.30 bits per heavy atom. The molecule has 1 aromatic carbocycles. The van der Waals surface area contributed by atoms with Gasteiger partial charge in [0, 0.05) is 81.9 Å². The molecule has 10 nitrogen and oxygen atoms in total. The molecule has 0 bridgehead atoms. The summed E-state index contributed by atoms with van der Waals surface area (Å²) in [5.74, 6) is -0.171. The third kappa shape index (κ3) is 7.30. The molecule has 2 aliphatic rings. The number of amidine groups is 1. The van der Waals surface area contributed by atoms with E-state index in [0.717, 1.165) is 12.3 Å². The average Bonchev–Trinajstić information content (AvgIpc) is 3.68. The number of rotatable bonds is 12. The van der Waals surface area contributed by atoms with Crippen LogP contribution >= 0.6 is 45.5 Å². The van der Waals surface area contributed by atoms with Gasteiger partial charge in [-0.05, 0) is 25.1 Å². The molecule has 2 aliphatic heterocycles. The van der Waals surface area contributed by atoms with Gasteiger partial charge in [-0.25, -0.2) is 14.1 Å². The second kappa shape index (κ2) is 13.3. The predicted octanol–water partition coefficient (Wildman–Crippen LogP) is 5.11. The number of aromatic nitrogens is 3. The highest BCUT2D eigenvalue weighted by Gasteiger charge is 2.42. The molecular formula is C26H26ClF3IN7O3S2. The van der Waals surface area contributed by atoms with Gasteiger partial charge in [-0.1, -0.05) is 40.3 Å². The van der Waals surface area contributed by atoms with Crippen LogP contribution in [0.15, 0.2) is 52.7 Å². The number of carbonyl (C=O) groups is 1. The summed E-state index contributed by atoms with van der Waals surface area (Å²) in [7, 11) is -4.04. The quantitative estimate of drug-likeness (QED) is 0.195. The van der Waals surface area contributed by atoms with Crippen molar-refractivity contribution in [3.05, 3.63) is 74.8 Å². The number of hydrogen-bond acceptors (Lipinski definition) is 8. The Balaban J connectivity index is 1.54. The summed E-state index contributed by atoms with van der Waals surface area (Å²) in [6, 6.07) is 3.12. The molecule has 230 valence electrons. The van der Waals surface area contributed by atoms with E-state index >= 15 is 0 Å². The van der Waals surface area contributed by atoms with Crippen LogP contribution in [0.2, 0.25) is 5.02 Å². The Labute approximate surface area is 268 Å². The minimum atomic E-state index is -4.04. The number of benzene rings is 1. The van der Waals surface area contributed by atoms with Crippen molar-refractivity contribution in [2.45, 2.75) is 50.9 Å². The molecule has 0 saturated carbocycles. The molecule has 17 heteroatoms. The minimum Gasteiger partial charge on any atom is -0.326 e. The molecule has 5 rings (SSSR count). The molecule has 43 heavy (non-hydrogen) atoms. The maximum Gasteiger partial charge on any atom is 0.333 e. The summed E-state index contributed by atoms with van der Waals surface area (Å²) in [5.41, 5.74) is 1.63.